The van der Waals surface area contributed by atoms with Crippen molar-refractivity contribution in [3.63, 3.8) is 0 Å². The molecule has 0 atom stereocenters. The summed E-state index contributed by atoms with van der Waals surface area (Å²) < 4.78 is 0. The quantitative estimate of drug-likeness (QED) is 0.676. The maximum atomic E-state index is 10.3. The van der Waals surface area contributed by atoms with Crippen LogP contribution < -0.4 is 10.3 Å². The van der Waals surface area contributed by atoms with Gasteiger partial charge in [-0.15, -0.1) is 0 Å². The highest BCUT2D eigenvalue weighted by atomic mass is 16.7. The van der Waals surface area contributed by atoms with Crippen LogP contribution in [0, 0.1) is 0 Å². The van der Waals surface area contributed by atoms with Gasteiger partial charge < -0.3 is 9.94 Å². The minimum atomic E-state index is -1.13. The van der Waals surface area contributed by atoms with Crippen molar-refractivity contribution in [3.05, 3.63) is 29.8 Å². The number of benzene rings is 1. The first-order chi connectivity index (χ1) is 6.25. The van der Waals surface area contributed by atoms with Crippen LogP contribution in [0.5, 0.6) is 5.75 Å². The van der Waals surface area contributed by atoms with E-state index in [9.17, 15) is 4.79 Å². The Morgan fingerprint density at radius 2 is 2.31 bits per heavy atom. The number of amides is 1. The highest BCUT2D eigenvalue weighted by Crippen LogP contribution is 2.25. The predicted octanol–water partition coefficient (Wildman–Crippen LogP) is 0.979. The fraction of sp³-hybridized carbons (Fsp3) is 0.125. The van der Waals surface area contributed by atoms with E-state index < -0.39 is 6.09 Å². The Balaban J connectivity index is 2.09. The first-order valence-electron chi connectivity index (χ1n) is 3.79. The molecular formula is C8H8N2O3. The van der Waals surface area contributed by atoms with Crippen molar-refractivity contribution >= 4 is 6.09 Å². The molecule has 0 bridgehead atoms. The molecule has 1 aliphatic heterocycles. The second-order valence-electron chi connectivity index (χ2n) is 2.65. The molecule has 1 amide bonds. The fourth-order valence-electron chi connectivity index (χ4n) is 1.20. The Kier molecular flexibility index (Phi) is 1.79. The topological polar surface area (TPSA) is 61.8 Å². The second-order valence-corrected chi connectivity index (χ2v) is 2.65. The Hall–Kier alpha value is -1.75. The van der Waals surface area contributed by atoms with Gasteiger partial charge in [0.25, 0.3) is 0 Å². The third kappa shape index (κ3) is 1.54. The molecule has 1 heterocycles. The van der Waals surface area contributed by atoms with Gasteiger partial charge in [0.1, 0.15) is 0 Å². The van der Waals surface area contributed by atoms with Crippen molar-refractivity contribution in [1.82, 2.24) is 10.6 Å². The molecular weight excluding hydrogens is 172 g/mol. The van der Waals surface area contributed by atoms with Gasteiger partial charge in [-0.1, -0.05) is 18.2 Å². The Morgan fingerprint density at radius 3 is 3.00 bits per heavy atom. The summed E-state index contributed by atoms with van der Waals surface area (Å²) in [5.74, 6) is 0.691. The highest BCUT2D eigenvalue weighted by Gasteiger charge is 2.21. The van der Waals surface area contributed by atoms with E-state index >= 15 is 0 Å². The number of carbonyl (C=O) groups is 1. The molecule has 2 N–H and O–H groups in total. The van der Waals surface area contributed by atoms with Gasteiger partial charge in [-0.2, -0.15) is 0 Å². The molecule has 1 aliphatic rings. The van der Waals surface area contributed by atoms with Crippen LogP contribution in [0.2, 0.25) is 0 Å². The van der Waals surface area contributed by atoms with Gasteiger partial charge in [-0.05, 0) is 11.2 Å². The number of fused-ring (bicyclic) bond motifs is 1. The third-order valence-electron chi connectivity index (χ3n) is 1.72. The van der Waals surface area contributed by atoms with Crippen molar-refractivity contribution in [3.8, 4) is 5.75 Å². The van der Waals surface area contributed by atoms with Crippen molar-refractivity contribution in [2.75, 3.05) is 0 Å². The first-order valence-corrected chi connectivity index (χ1v) is 3.79. The van der Waals surface area contributed by atoms with E-state index in [1.807, 2.05) is 18.2 Å². The lowest BCUT2D eigenvalue weighted by atomic mass is 10.2. The van der Waals surface area contributed by atoms with Crippen LogP contribution in [-0.2, 0) is 6.54 Å². The molecule has 68 valence electrons. The maximum absolute atomic E-state index is 10.3. The van der Waals surface area contributed by atoms with E-state index in [1.165, 1.54) is 5.17 Å². The number of hydrogen-bond donors (Lipinski definition) is 2. The van der Waals surface area contributed by atoms with E-state index in [1.54, 1.807) is 6.07 Å². The number of hydrogen-bond acceptors (Lipinski definition) is 3. The van der Waals surface area contributed by atoms with Gasteiger partial charge in [0.05, 0.1) is 6.54 Å². The van der Waals surface area contributed by atoms with Crippen LogP contribution in [0.4, 0.5) is 4.79 Å². The van der Waals surface area contributed by atoms with Crippen LogP contribution in [0.25, 0.3) is 0 Å². The molecule has 0 aromatic heterocycles. The van der Waals surface area contributed by atoms with Crippen molar-refractivity contribution in [1.29, 1.82) is 0 Å². The summed E-state index contributed by atoms with van der Waals surface area (Å²) in [5.41, 5.74) is 3.09. The minimum absolute atomic E-state index is 0.433. The normalized spacial score (nSPS) is 14.8. The fourth-order valence-corrected chi connectivity index (χ4v) is 1.20. The zero-order valence-corrected chi connectivity index (χ0v) is 6.73. The summed E-state index contributed by atoms with van der Waals surface area (Å²) in [6, 6.07) is 7.40. The SMILES string of the molecule is O=C(O)NN1Cc2ccccc2O1. The molecule has 1 aromatic rings. The predicted molar refractivity (Wildman–Crippen MR) is 43.8 cm³/mol. The number of para-hydroxylation sites is 1. The summed E-state index contributed by atoms with van der Waals surface area (Å²) in [7, 11) is 0. The summed E-state index contributed by atoms with van der Waals surface area (Å²) in [6.45, 7) is 0.433. The second kappa shape index (κ2) is 2.95. The van der Waals surface area contributed by atoms with E-state index in [-0.39, 0.29) is 0 Å². The molecule has 2 rings (SSSR count). The highest BCUT2D eigenvalue weighted by molar-refractivity contribution is 5.63. The summed E-state index contributed by atoms with van der Waals surface area (Å²) in [4.78, 5) is 15.4. The van der Waals surface area contributed by atoms with Crippen LogP contribution in [0.3, 0.4) is 0 Å². The standard InChI is InChI=1S/C8H8N2O3/c11-8(12)9-10-5-6-3-1-2-4-7(6)13-10/h1-4,9H,5H2,(H,11,12). The maximum Gasteiger partial charge on any atom is 0.421 e. The van der Waals surface area contributed by atoms with Gasteiger partial charge in [-0.3, -0.25) is 0 Å². The minimum Gasteiger partial charge on any atom is -0.464 e. The summed E-state index contributed by atoms with van der Waals surface area (Å²) in [5, 5.41) is 9.59. The van der Waals surface area contributed by atoms with Gasteiger partial charge in [0, 0.05) is 5.56 Å². The lowest BCUT2D eigenvalue weighted by Crippen LogP contribution is -2.40. The van der Waals surface area contributed by atoms with Crippen LogP contribution in [-0.4, -0.2) is 16.4 Å². The lowest BCUT2D eigenvalue weighted by molar-refractivity contribution is -0.0829. The molecule has 5 heteroatoms. The van der Waals surface area contributed by atoms with Crippen LogP contribution in [0.1, 0.15) is 5.56 Å². The Bertz CT molecular complexity index is 315. The molecule has 0 aliphatic carbocycles. The zero-order valence-electron chi connectivity index (χ0n) is 6.73. The summed E-state index contributed by atoms with van der Waals surface area (Å²) >= 11 is 0. The number of hydroxylamine groups is 1. The third-order valence-corrected chi connectivity index (χ3v) is 1.72. The molecule has 0 spiro atoms. The van der Waals surface area contributed by atoms with E-state index in [0.717, 1.165) is 5.56 Å². The average Bonchev–Trinajstić information content (AvgIpc) is 2.44. The molecule has 0 fully saturated rings. The van der Waals surface area contributed by atoms with Gasteiger partial charge in [0.15, 0.2) is 5.75 Å². The molecule has 0 saturated heterocycles. The molecule has 13 heavy (non-hydrogen) atoms. The molecule has 1 aromatic carbocycles. The first kappa shape index (κ1) is 7.88. The molecule has 5 nitrogen and oxygen atoms in total. The smallest absolute Gasteiger partial charge is 0.421 e. The van der Waals surface area contributed by atoms with E-state index in [2.05, 4.69) is 5.43 Å². The van der Waals surface area contributed by atoms with E-state index in [4.69, 9.17) is 9.94 Å². The van der Waals surface area contributed by atoms with Crippen LogP contribution >= 0.6 is 0 Å². The monoisotopic (exact) mass is 180 g/mol. The molecule has 0 unspecified atom stereocenters. The molecule has 0 saturated carbocycles. The van der Waals surface area contributed by atoms with Gasteiger partial charge in [0.2, 0.25) is 0 Å². The largest absolute Gasteiger partial charge is 0.464 e. The van der Waals surface area contributed by atoms with Crippen molar-refractivity contribution < 1.29 is 14.7 Å². The average molecular weight is 180 g/mol. The number of nitrogens with zero attached hydrogens (tertiary/aromatic N) is 1. The van der Waals surface area contributed by atoms with Crippen molar-refractivity contribution in [2.24, 2.45) is 0 Å². The van der Waals surface area contributed by atoms with Crippen molar-refractivity contribution in [2.45, 2.75) is 6.54 Å². The number of hydrazine groups is 1. The van der Waals surface area contributed by atoms with Gasteiger partial charge in [-0.25, -0.2) is 10.2 Å². The molecule has 0 radical (unpaired) electrons. The Morgan fingerprint density at radius 1 is 1.54 bits per heavy atom. The zero-order chi connectivity index (χ0) is 9.26. The lowest BCUT2D eigenvalue weighted by Gasteiger charge is -2.11. The number of carboxylic acid groups (broad SMARTS) is 1. The van der Waals surface area contributed by atoms with Crippen LogP contribution in [0.15, 0.2) is 24.3 Å². The van der Waals surface area contributed by atoms with E-state index in [0.29, 0.717) is 12.3 Å². The summed E-state index contributed by atoms with van der Waals surface area (Å²) in [6.07, 6.45) is -1.13. The number of nitrogens with one attached hydrogen (secondary N) is 1. The number of rotatable bonds is 1. The van der Waals surface area contributed by atoms with Gasteiger partial charge >= 0.3 is 6.09 Å². The Labute approximate surface area is 74.5 Å².